The largest absolute Gasteiger partial charge is 0.370 e. The number of rotatable bonds is 4. The third-order valence-electron chi connectivity index (χ3n) is 5.57. The molecule has 4 rings (SSSR count). The lowest BCUT2D eigenvalue weighted by Crippen LogP contribution is -2.54. The van der Waals surface area contributed by atoms with Gasteiger partial charge in [-0.15, -0.1) is 0 Å². The van der Waals surface area contributed by atoms with Gasteiger partial charge in [-0.3, -0.25) is 4.79 Å². The SMILES string of the molecule is NC(=O)CCC(N)C12CC3CC(CC(C3)C1)C2. The summed E-state index contributed by atoms with van der Waals surface area (Å²) >= 11 is 0. The number of amides is 1. The Bertz CT molecular complexity index is 291. The van der Waals surface area contributed by atoms with Gasteiger partial charge in [-0.25, -0.2) is 0 Å². The van der Waals surface area contributed by atoms with Crippen LogP contribution in [0.5, 0.6) is 0 Å². The number of primary amides is 1. The molecule has 17 heavy (non-hydrogen) atoms. The van der Waals surface area contributed by atoms with E-state index in [1.165, 1.54) is 38.5 Å². The lowest BCUT2D eigenvalue weighted by atomic mass is 9.47. The average Bonchev–Trinajstić information content (AvgIpc) is 2.23. The highest BCUT2D eigenvalue weighted by molar-refractivity contribution is 5.73. The third-order valence-corrected chi connectivity index (χ3v) is 5.57. The smallest absolute Gasteiger partial charge is 0.217 e. The van der Waals surface area contributed by atoms with Crippen LogP contribution in [0.2, 0.25) is 0 Å². The zero-order chi connectivity index (χ0) is 12.0. The summed E-state index contributed by atoms with van der Waals surface area (Å²) in [6, 6.07) is 0.198. The Morgan fingerprint density at radius 1 is 1.12 bits per heavy atom. The molecule has 4 N–H and O–H groups in total. The quantitative estimate of drug-likeness (QED) is 0.781. The van der Waals surface area contributed by atoms with E-state index in [0.29, 0.717) is 11.8 Å². The first-order chi connectivity index (χ1) is 8.07. The van der Waals surface area contributed by atoms with E-state index < -0.39 is 0 Å². The zero-order valence-corrected chi connectivity index (χ0v) is 10.5. The van der Waals surface area contributed by atoms with Gasteiger partial charge in [0.2, 0.25) is 5.91 Å². The molecular weight excluding hydrogens is 212 g/mol. The Morgan fingerprint density at radius 2 is 1.59 bits per heavy atom. The normalized spacial score (nSPS) is 44.9. The zero-order valence-electron chi connectivity index (χ0n) is 10.5. The van der Waals surface area contributed by atoms with Crippen LogP contribution in [0.25, 0.3) is 0 Å². The first-order valence-corrected chi connectivity index (χ1v) is 7.11. The number of hydrogen-bond donors (Lipinski definition) is 2. The molecule has 1 atom stereocenters. The molecule has 0 saturated heterocycles. The van der Waals surface area contributed by atoms with Crippen molar-refractivity contribution in [3.8, 4) is 0 Å². The van der Waals surface area contributed by atoms with Crippen molar-refractivity contribution in [3.05, 3.63) is 0 Å². The van der Waals surface area contributed by atoms with E-state index >= 15 is 0 Å². The summed E-state index contributed by atoms with van der Waals surface area (Å²) in [7, 11) is 0. The number of carbonyl (C=O) groups is 1. The molecule has 3 heteroatoms. The van der Waals surface area contributed by atoms with E-state index in [9.17, 15) is 4.79 Å². The summed E-state index contributed by atoms with van der Waals surface area (Å²) in [5, 5.41) is 0. The Labute approximate surface area is 103 Å². The van der Waals surface area contributed by atoms with Crippen LogP contribution in [0.1, 0.15) is 51.4 Å². The minimum absolute atomic E-state index is 0.198. The van der Waals surface area contributed by atoms with Gasteiger partial charge >= 0.3 is 0 Å². The van der Waals surface area contributed by atoms with Crippen molar-refractivity contribution in [2.45, 2.75) is 57.4 Å². The lowest BCUT2D eigenvalue weighted by molar-refractivity contribution is -0.118. The summed E-state index contributed by atoms with van der Waals surface area (Å²) in [5.74, 6) is 2.59. The molecule has 4 aliphatic carbocycles. The predicted octanol–water partition coefficient (Wildman–Crippen LogP) is 1.80. The molecule has 1 unspecified atom stereocenters. The van der Waals surface area contributed by atoms with Gasteiger partial charge in [0.25, 0.3) is 0 Å². The maximum absolute atomic E-state index is 10.9. The highest BCUT2D eigenvalue weighted by Gasteiger charge is 2.53. The summed E-state index contributed by atoms with van der Waals surface area (Å²) in [6.45, 7) is 0. The van der Waals surface area contributed by atoms with E-state index in [1.807, 2.05) is 0 Å². The van der Waals surface area contributed by atoms with Crippen LogP contribution < -0.4 is 11.5 Å². The van der Waals surface area contributed by atoms with Crippen molar-refractivity contribution in [1.29, 1.82) is 0 Å². The van der Waals surface area contributed by atoms with Crippen molar-refractivity contribution in [1.82, 2.24) is 0 Å². The highest BCUT2D eigenvalue weighted by atomic mass is 16.1. The molecule has 4 aliphatic rings. The fourth-order valence-electron chi connectivity index (χ4n) is 5.24. The minimum Gasteiger partial charge on any atom is -0.370 e. The number of carbonyl (C=O) groups excluding carboxylic acids is 1. The van der Waals surface area contributed by atoms with Crippen LogP contribution in [0.4, 0.5) is 0 Å². The molecule has 96 valence electrons. The topological polar surface area (TPSA) is 69.1 Å². The Hall–Kier alpha value is -0.570. The Kier molecular flexibility index (Phi) is 2.69. The van der Waals surface area contributed by atoms with Crippen molar-refractivity contribution in [3.63, 3.8) is 0 Å². The molecule has 4 saturated carbocycles. The van der Waals surface area contributed by atoms with E-state index in [2.05, 4.69) is 0 Å². The molecule has 4 fully saturated rings. The van der Waals surface area contributed by atoms with Gasteiger partial charge in [0.05, 0.1) is 0 Å². The van der Waals surface area contributed by atoms with Crippen LogP contribution in [0, 0.1) is 23.2 Å². The summed E-state index contributed by atoms with van der Waals surface area (Å²) in [4.78, 5) is 10.9. The molecular formula is C14H24N2O. The van der Waals surface area contributed by atoms with Gasteiger partial charge in [0.15, 0.2) is 0 Å². The van der Waals surface area contributed by atoms with Crippen LogP contribution in [0.15, 0.2) is 0 Å². The summed E-state index contributed by atoms with van der Waals surface area (Å²) in [5.41, 5.74) is 12.0. The fourth-order valence-corrected chi connectivity index (χ4v) is 5.24. The average molecular weight is 236 g/mol. The first kappa shape index (κ1) is 11.5. The number of nitrogens with two attached hydrogens (primary N) is 2. The second-order valence-electron chi connectivity index (χ2n) is 6.89. The van der Waals surface area contributed by atoms with Gasteiger partial charge in [-0.05, 0) is 68.1 Å². The van der Waals surface area contributed by atoms with Crippen LogP contribution in [0.3, 0.4) is 0 Å². The van der Waals surface area contributed by atoms with Gasteiger partial charge in [0.1, 0.15) is 0 Å². The molecule has 0 aromatic carbocycles. The second-order valence-corrected chi connectivity index (χ2v) is 6.89. The predicted molar refractivity (Wildman–Crippen MR) is 67.0 cm³/mol. The van der Waals surface area contributed by atoms with Crippen molar-refractivity contribution < 1.29 is 4.79 Å². The second kappa shape index (κ2) is 3.98. The molecule has 4 bridgehead atoms. The van der Waals surface area contributed by atoms with Crippen molar-refractivity contribution in [2.75, 3.05) is 0 Å². The van der Waals surface area contributed by atoms with E-state index in [-0.39, 0.29) is 11.9 Å². The van der Waals surface area contributed by atoms with Crippen LogP contribution >= 0.6 is 0 Å². The maximum Gasteiger partial charge on any atom is 0.217 e. The monoisotopic (exact) mass is 236 g/mol. The Morgan fingerprint density at radius 3 is 2.00 bits per heavy atom. The molecule has 0 spiro atoms. The standard InChI is InChI=1S/C14H24N2O/c15-12(1-2-13(16)17)14-6-9-3-10(7-14)5-11(4-9)8-14/h9-12H,1-8,15H2,(H2,16,17). The molecule has 1 amide bonds. The van der Waals surface area contributed by atoms with E-state index in [0.717, 1.165) is 24.2 Å². The van der Waals surface area contributed by atoms with Gasteiger partial charge in [-0.2, -0.15) is 0 Å². The minimum atomic E-state index is -0.204. The van der Waals surface area contributed by atoms with E-state index in [1.54, 1.807) is 0 Å². The van der Waals surface area contributed by atoms with Gasteiger partial charge < -0.3 is 11.5 Å². The van der Waals surface area contributed by atoms with E-state index in [4.69, 9.17) is 11.5 Å². The summed E-state index contributed by atoms with van der Waals surface area (Å²) in [6.07, 6.45) is 9.55. The molecule has 0 heterocycles. The van der Waals surface area contributed by atoms with Crippen molar-refractivity contribution in [2.24, 2.45) is 34.6 Å². The molecule has 0 aliphatic heterocycles. The molecule has 3 nitrogen and oxygen atoms in total. The van der Waals surface area contributed by atoms with Crippen LogP contribution in [-0.2, 0) is 4.79 Å². The van der Waals surface area contributed by atoms with Crippen molar-refractivity contribution >= 4 is 5.91 Å². The summed E-state index contributed by atoms with van der Waals surface area (Å²) < 4.78 is 0. The number of hydrogen-bond acceptors (Lipinski definition) is 2. The first-order valence-electron chi connectivity index (χ1n) is 7.11. The highest BCUT2D eigenvalue weighted by Crippen LogP contribution is 2.61. The fraction of sp³-hybridized carbons (Fsp3) is 0.929. The molecule has 0 radical (unpaired) electrons. The molecule has 0 aromatic rings. The maximum atomic E-state index is 10.9. The van der Waals surface area contributed by atoms with Crippen LogP contribution in [-0.4, -0.2) is 11.9 Å². The lowest BCUT2D eigenvalue weighted by Gasteiger charge is -2.59. The third kappa shape index (κ3) is 1.99. The van der Waals surface area contributed by atoms with Gasteiger partial charge in [-0.1, -0.05) is 0 Å². The molecule has 0 aromatic heterocycles. The van der Waals surface area contributed by atoms with Gasteiger partial charge in [0, 0.05) is 12.5 Å². The Balaban J connectivity index is 1.70.